The minimum atomic E-state index is 0.0800. The zero-order valence-corrected chi connectivity index (χ0v) is 11.2. The zero-order chi connectivity index (χ0) is 13.8. The fraction of sp³-hybridized carbons (Fsp3) is 0.188. The Morgan fingerprint density at radius 2 is 1.74 bits per heavy atom. The summed E-state index contributed by atoms with van der Waals surface area (Å²) in [5.41, 5.74) is 8.46. The van der Waals surface area contributed by atoms with Gasteiger partial charge < -0.3 is 10.5 Å². The first-order valence-corrected chi connectivity index (χ1v) is 6.32. The molecule has 19 heavy (non-hydrogen) atoms. The van der Waals surface area contributed by atoms with Gasteiger partial charge in [-0.25, -0.2) is 0 Å². The van der Waals surface area contributed by atoms with Crippen molar-refractivity contribution in [2.75, 3.05) is 0 Å². The van der Waals surface area contributed by atoms with E-state index in [1.54, 1.807) is 0 Å². The van der Waals surface area contributed by atoms with Crippen LogP contribution >= 0.6 is 0 Å². The summed E-state index contributed by atoms with van der Waals surface area (Å²) in [6.07, 6.45) is 1.02. The van der Waals surface area contributed by atoms with Crippen LogP contribution in [-0.2, 0) is 6.42 Å². The lowest BCUT2D eigenvalue weighted by molar-refractivity contribution is 0.482. The van der Waals surface area contributed by atoms with Gasteiger partial charge in [-0.15, -0.1) is 0 Å². The van der Waals surface area contributed by atoms with Crippen molar-refractivity contribution in [2.45, 2.75) is 20.3 Å². The standard InChI is InChI=1S/C16H18N2O/c1-3-12-4-6-13(7-5-12)19-14-8-9-15(16(17)18)11(2)10-14/h4-10H,3H2,1-2H3,(H3,17,18). The number of ether oxygens (including phenoxy) is 1. The SMILES string of the molecule is CCc1ccc(Oc2ccc(C(=N)N)c(C)c2)cc1. The van der Waals surface area contributed by atoms with Crippen molar-refractivity contribution in [3.63, 3.8) is 0 Å². The monoisotopic (exact) mass is 254 g/mol. The summed E-state index contributed by atoms with van der Waals surface area (Å²) < 4.78 is 5.78. The number of hydrogen-bond donors (Lipinski definition) is 2. The fourth-order valence-corrected chi connectivity index (χ4v) is 1.93. The molecule has 0 saturated heterocycles. The largest absolute Gasteiger partial charge is 0.457 e. The van der Waals surface area contributed by atoms with E-state index in [1.165, 1.54) is 5.56 Å². The minimum Gasteiger partial charge on any atom is -0.457 e. The van der Waals surface area contributed by atoms with Gasteiger partial charge in [0, 0.05) is 5.56 Å². The number of nitrogens with two attached hydrogens (primary N) is 1. The predicted octanol–water partition coefficient (Wildman–Crippen LogP) is 3.63. The zero-order valence-electron chi connectivity index (χ0n) is 11.2. The summed E-state index contributed by atoms with van der Waals surface area (Å²) in [5, 5.41) is 7.45. The predicted molar refractivity (Wildman–Crippen MR) is 78.1 cm³/mol. The molecule has 0 aromatic heterocycles. The van der Waals surface area contributed by atoms with Crippen LogP contribution in [0.5, 0.6) is 11.5 Å². The van der Waals surface area contributed by atoms with Crippen LogP contribution in [0.3, 0.4) is 0 Å². The molecule has 0 aliphatic carbocycles. The van der Waals surface area contributed by atoms with Gasteiger partial charge in [0.2, 0.25) is 0 Å². The highest BCUT2D eigenvalue weighted by molar-refractivity contribution is 5.96. The lowest BCUT2D eigenvalue weighted by atomic mass is 10.1. The van der Waals surface area contributed by atoms with Gasteiger partial charge >= 0.3 is 0 Å². The molecule has 0 radical (unpaired) electrons. The number of hydrogen-bond acceptors (Lipinski definition) is 2. The smallest absolute Gasteiger partial charge is 0.127 e. The fourth-order valence-electron chi connectivity index (χ4n) is 1.93. The van der Waals surface area contributed by atoms with E-state index in [4.69, 9.17) is 15.9 Å². The lowest BCUT2D eigenvalue weighted by Crippen LogP contribution is -2.12. The van der Waals surface area contributed by atoms with Crippen LogP contribution in [0.4, 0.5) is 0 Å². The molecule has 0 aliphatic heterocycles. The molecule has 0 heterocycles. The van der Waals surface area contributed by atoms with Gasteiger partial charge in [-0.3, -0.25) is 5.41 Å². The van der Waals surface area contributed by atoms with Crippen LogP contribution in [-0.4, -0.2) is 5.84 Å². The Morgan fingerprint density at radius 1 is 1.11 bits per heavy atom. The quantitative estimate of drug-likeness (QED) is 0.646. The molecule has 0 amide bonds. The molecule has 2 aromatic rings. The number of rotatable bonds is 4. The Labute approximate surface area is 113 Å². The van der Waals surface area contributed by atoms with Gasteiger partial charge in [-0.1, -0.05) is 19.1 Å². The third-order valence-electron chi connectivity index (χ3n) is 3.06. The van der Waals surface area contributed by atoms with Crippen molar-refractivity contribution in [3.05, 3.63) is 59.2 Å². The van der Waals surface area contributed by atoms with Crippen molar-refractivity contribution in [1.29, 1.82) is 5.41 Å². The third-order valence-corrected chi connectivity index (χ3v) is 3.06. The van der Waals surface area contributed by atoms with Crippen LogP contribution in [0, 0.1) is 12.3 Å². The van der Waals surface area contributed by atoms with E-state index in [2.05, 4.69) is 19.1 Å². The summed E-state index contributed by atoms with van der Waals surface area (Å²) in [6, 6.07) is 13.6. The van der Waals surface area contributed by atoms with Crippen LogP contribution in [0.1, 0.15) is 23.6 Å². The van der Waals surface area contributed by atoms with Gasteiger partial charge in [0.15, 0.2) is 0 Å². The summed E-state index contributed by atoms with van der Waals surface area (Å²) in [6.45, 7) is 4.05. The molecule has 0 unspecified atom stereocenters. The summed E-state index contributed by atoms with van der Waals surface area (Å²) in [4.78, 5) is 0. The Morgan fingerprint density at radius 3 is 2.26 bits per heavy atom. The number of nitrogen functional groups attached to an aromatic ring is 1. The van der Waals surface area contributed by atoms with Crippen LogP contribution in [0.25, 0.3) is 0 Å². The van der Waals surface area contributed by atoms with Crippen molar-refractivity contribution in [1.82, 2.24) is 0 Å². The Kier molecular flexibility index (Phi) is 3.85. The molecule has 0 fully saturated rings. The summed E-state index contributed by atoms with van der Waals surface area (Å²) in [7, 11) is 0. The molecule has 0 saturated carbocycles. The molecule has 0 spiro atoms. The van der Waals surface area contributed by atoms with Gasteiger partial charge in [0.1, 0.15) is 17.3 Å². The molecule has 3 heteroatoms. The van der Waals surface area contributed by atoms with E-state index in [-0.39, 0.29) is 5.84 Å². The first-order valence-electron chi connectivity index (χ1n) is 6.32. The van der Waals surface area contributed by atoms with Gasteiger partial charge in [0.05, 0.1) is 0 Å². The van der Waals surface area contributed by atoms with E-state index in [1.807, 2.05) is 37.3 Å². The number of nitrogens with one attached hydrogen (secondary N) is 1. The van der Waals surface area contributed by atoms with E-state index in [0.717, 1.165) is 29.0 Å². The molecule has 2 rings (SSSR count). The second-order valence-electron chi connectivity index (χ2n) is 4.49. The molecule has 3 N–H and O–H groups in total. The summed E-state index contributed by atoms with van der Waals surface area (Å²) >= 11 is 0. The molecule has 98 valence electrons. The second kappa shape index (κ2) is 5.57. The maximum atomic E-state index is 7.45. The highest BCUT2D eigenvalue weighted by Gasteiger charge is 2.04. The van der Waals surface area contributed by atoms with Gasteiger partial charge in [0.25, 0.3) is 0 Å². The summed E-state index contributed by atoms with van der Waals surface area (Å²) in [5.74, 6) is 1.65. The van der Waals surface area contributed by atoms with E-state index < -0.39 is 0 Å². The number of benzene rings is 2. The number of aryl methyl sites for hydroxylation is 2. The molecule has 2 aromatic carbocycles. The van der Waals surface area contributed by atoms with Gasteiger partial charge in [-0.05, 0) is 54.8 Å². The Balaban J connectivity index is 2.18. The highest BCUT2D eigenvalue weighted by atomic mass is 16.5. The van der Waals surface area contributed by atoms with Crippen molar-refractivity contribution in [3.8, 4) is 11.5 Å². The van der Waals surface area contributed by atoms with Crippen LogP contribution in [0.15, 0.2) is 42.5 Å². The number of amidine groups is 1. The molecular formula is C16H18N2O. The van der Waals surface area contributed by atoms with Crippen molar-refractivity contribution in [2.24, 2.45) is 5.73 Å². The molecule has 0 aliphatic rings. The second-order valence-corrected chi connectivity index (χ2v) is 4.49. The van der Waals surface area contributed by atoms with Crippen molar-refractivity contribution < 1.29 is 4.74 Å². The first kappa shape index (κ1) is 13.1. The van der Waals surface area contributed by atoms with E-state index in [0.29, 0.717) is 0 Å². The average molecular weight is 254 g/mol. The Bertz CT molecular complexity index is 588. The van der Waals surface area contributed by atoms with Gasteiger partial charge in [-0.2, -0.15) is 0 Å². The highest BCUT2D eigenvalue weighted by Crippen LogP contribution is 2.24. The maximum Gasteiger partial charge on any atom is 0.127 e. The van der Waals surface area contributed by atoms with E-state index >= 15 is 0 Å². The normalized spacial score (nSPS) is 10.2. The average Bonchev–Trinajstić information content (AvgIpc) is 2.39. The third kappa shape index (κ3) is 3.13. The molecule has 0 bridgehead atoms. The molecular weight excluding hydrogens is 236 g/mol. The Hall–Kier alpha value is -2.29. The lowest BCUT2D eigenvalue weighted by Gasteiger charge is -2.09. The van der Waals surface area contributed by atoms with Crippen LogP contribution in [0.2, 0.25) is 0 Å². The minimum absolute atomic E-state index is 0.0800. The molecule has 3 nitrogen and oxygen atoms in total. The first-order chi connectivity index (χ1) is 9.10. The van der Waals surface area contributed by atoms with Crippen LogP contribution < -0.4 is 10.5 Å². The topological polar surface area (TPSA) is 59.1 Å². The molecule has 0 atom stereocenters. The van der Waals surface area contributed by atoms with Crippen molar-refractivity contribution >= 4 is 5.84 Å². The van der Waals surface area contributed by atoms with E-state index in [9.17, 15) is 0 Å². The maximum absolute atomic E-state index is 7.45.